The maximum Gasteiger partial charge on any atom is 0.363 e. The van der Waals surface area contributed by atoms with E-state index in [2.05, 4.69) is 4.99 Å². The number of rotatable bonds is 3. The van der Waals surface area contributed by atoms with E-state index < -0.39 is 5.97 Å². The molecule has 23 heavy (non-hydrogen) atoms. The Kier molecular flexibility index (Phi) is 4.17. The Morgan fingerprint density at radius 3 is 2.74 bits per heavy atom. The molecule has 2 aromatic rings. The van der Waals surface area contributed by atoms with Gasteiger partial charge in [0.05, 0.1) is 17.7 Å². The molecule has 1 aliphatic rings. The van der Waals surface area contributed by atoms with Crippen LogP contribution in [0.5, 0.6) is 5.75 Å². The van der Waals surface area contributed by atoms with Crippen LogP contribution in [-0.2, 0) is 9.53 Å². The van der Waals surface area contributed by atoms with E-state index in [-0.39, 0.29) is 11.6 Å². The van der Waals surface area contributed by atoms with Gasteiger partial charge in [0, 0.05) is 5.56 Å². The third-order valence-corrected chi connectivity index (χ3v) is 3.73. The Labute approximate surface area is 139 Å². The highest BCUT2D eigenvalue weighted by Crippen LogP contribution is 2.27. The molecule has 2 aromatic carbocycles. The molecule has 4 nitrogen and oxygen atoms in total. The third-order valence-electron chi connectivity index (χ3n) is 3.40. The first-order chi connectivity index (χ1) is 11.1. The van der Waals surface area contributed by atoms with Gasteiger partial charge in [0.1, 0.15) is 5.75 Å². The van der Waals surface area contributed by atoms with E-state index in [9.17, 15) is 4.79 Å². The molecule has 0 atom stereocenters. The lowest BCUT2D eigenvalue weighted by atomic mass is 10.1. The highest BCUT2D eigenvalue weighted by atomic mass is 35.5. The predicted octanol–water partition coefficient (Wildman–Crippen LogP) is 4.00. The van der Waals surface area contributed by atoms with Crippen molar-refractivity contribution < 1.29 is 14.3 Å². The molecule has 0 amide bonds. The van der Waals surface area contributed by atoms with Crippen LogP contribution < -0.4 is 4.74 Å². The standard InChI is InChI=1S/C18H14ClNO3/c1-11-7-8-16(22-2)12(9-11)10-15-18(21)23-17(20-15)13-5-3-4-6-14(13)19/h3-10H,1-2H3/b15-10+. The maximum atomic E-state index is 12.1. The number of halogens is 1. The molecule has 0 radical (unpaired) electrons. The summed E-state index contributed by atoms with van der Waals surface area (Å²) in [4.78, 5) is 16.3. The topological polar surface area (TPSA) is 47.9 Å². The van der Waals surface area contributed by atoms with Crippen LogP contribution >= 0.6 is 11.6 Å². The van der Waals surface area contributed by atoms with E-state index in [0.717, 1.165) is 11.1 Å². The molecule has 0 unspecified atom stereocenters. The van der Waals surface area contributed by atoms with Gasteiger partial charge in [-0.15, -0.1) is 0 Å². The number of aliphatic imine (C=N–C) groups is 1. The van der Waals surface area contributed by atoms with Crippen LogP contribution in [0.25, 0.3) is 6.08 Å². The number of hydrogen-bond acceptors (Lipinski definition) is 4. The summed E-state index contributed by atoms with van der Waals surface area (Å²) >= 11 is 6.12. The van der Waals surface area contributed by atoms with Crippen molar-refractivity contribution in [2.45, 2.75) is 6.92 Å². The van der Waals surface area contributed by atoms with Crippen LogP contribution in [0.1, 0.15) is 16.7 Å². The molecule has 1 aliphatic heterocycles. The number of aryl methyl sites for hydroxylation is 1. The normalized spacial score (nSPS) is 15.5. The van der Waals surface area contributed by atoms with Gasteiger partial charge in [-0.3, -0.25) is 0 Å². The second kappa shape index (κ2) is 6.26. The first-order valence-electron chi connectivity index (χ1n) is 7.00. The van der Waals surface area contributed by atoms with Gasteiger partial charge in [-0.1, -0.05) is 35.4 Å². The number of methoxy groups -OCH3 is 1. The van der Waals surface area contributed by atoms with Crippen molar-refractivity contribution in [2.24, 2.45) is 4.99 Å². The molecule has 0 fully saturated rings. The SMILES string of the molecule is COc1ccc(C)cc1/C=C1/N=C(c2ccccc2Cl)OC1=O. The van der Waals surface area contributed by atoms with Gasteiger partial charge in [0.25, 0.3) is 0 Å². The molecule has 116 valence electrons. The zero-order chi connectivity index (χ0) is 16.4. The zero-order valence-electron chi connectivity index (χ0n) is 12.7. The Morgan fingerprint density at radius 2 is 2.00 bits per heavy atom. The highest BCUT2D eigenvalue weighted by molar-refractivity contribution is 6.34. The molecule has 0 spiro atoms. The van der Waals surface area contributed by atoms with E-state index in [4.69, 9.17) is 21.1 Å². The second-order valence-electron chi connectivity index (χ2n) is 5.06. The number of benzene rings is 2. The number of carbonyl (C=O) groups excluding carboxylic acids is 1. The Morgan fingerprint density at radius 1 is 1.22 bits per heavy atom. The highest BCUT2D eigenvalue weighted by Gasteiger charge is 2.25. The van der Waals surface area contributed by atoms with E-state index in [0.29, 0.717) is 16.3 Å². The molecule has 0 bridgehead atoms. The molecule has 0 N–H and O–H groups in total. The summed E-state index contributed by atoms with van der Waals surface area (Å²) in [5, 5.41) is 0.480. The lowest BCUT2D eigenvalue weighted by molar-refractivity contribution is -0.129. The van der Waals surface area contributed by atoms with Crippen LogP contribution in [-0.4, -0.2) is 19.0 Å². The van der Waals surface area contributed by atoms with Crippen LogP contribution in [0.3, 0.4) is 0 Å². The lowest BCUT2D eigenvalue weighted by Gasteiger charge is -2.05. The third kappa shape index (κ3) is 3.12. The summed E-state index contributed by atoms with van der Waals surface area (Å²) in [6, 6.07) is 12.8. The van der Waals surface area contributed by atoms with Crippen molar-refractivity contribution in [3.63, 3.8) is 0 Å². The van der Waals surface area contributed by atoms with E-state index in [1.54, 1.807) is 31.4 Å². The zero-order valence-corrected chi connectivity index (χ0v) is 13.4. The number of ether oxygens (including phenoxy) is 2. The summed E-state index contributed by atoms with van der Waals surface area (Å²) in [5.74, 6) is 0.360. The molecule has 0 saturated heterocycles. The molecule has 0 saturated carbocycles. The van der Waals surface area contributed by atoms with Gasteiger partial charge in [-0.05, 0) is 37.3 Å². The number of nitrogens with zero attached hydrogens (tertiary/aromatic N) is 1. The van der Waals surface area contributed by atoms with Gasteiger partial charge in [-0.2, -0.15) is 0 Å². The molecular weight excluding hydrogens is 314 g/mol. The summed E-state index contributed by atoms with van der Waals surface area (Å²) in [6.07, 6.45) is 1.65. The second-order valence-corrected chi connectivity index (χ2v) is 5.47. The van der Waals surface area contributed by atoms with Crippen LogP contribution in [0.4, 0.5) is 0 Å². The van der Waals surface area contributed by atoms with E-state index in [1.165, 1.54) is 0 Å². The number of esters is 1. The summed E-state index contributed by atoms with van der Waals surface area (Å²) in [5.41, 5.74) is 2.62. The monoisotopic (exact) mass is 327 g/mol. The van der Waals surface area contributed by atoms with E-state index >= 15 is 0 Å². The fraction of sp³-hybridized carbons (Fsp3) is 0.111. The minimum atomic E-state index is -0.511. The van der Waals surface area contributed by atoms with Crippen molar-refractivity contribution in [3.8, 4) is 5.75 Å². The maximum absolute atomic E-state index is 12.1. The Balaban J connectivity index is 2.02. The predicted molar refractivity (Wildman–Crippen MR) is 89.8 cm³/mol. The van der Waals surface area contributed by atoms with Gasteiger partial charge >= 0.3 is 5.97 Å². The fourth-order valence-corrected chi connectivity index (χ4v) is 2.49. The number of cyclic esters (lactones) is 1. The van der Waals surface area contributed by atoms with Crippen LogP contribution in [0, 0.1) is 6.92 Å². The number of hydrogen-bond donors (Lipinski definition) is 0. The molecule has 3 rings (SSSR count). The van der Waals surface area contributed by atoms with Crippen molar-refractivity contribution in [1.82, 2.24) is 0 Å². The first-order valence-corrected chi connectivity index (χ1v) is 7.38. The molecular formula is C18H14ClNO3. The summed E-state index contributed by atoms with van der Waals surface area (Å²) in [7, 11) is 1.58. The molecule has 0 aliphatic carbocycles. The fourth-order valence-electron chi connectivity index (χ4n) is 2.27. The van der Waals surface area contributed by atoms with Gasteiger partial charge < -0.3 is 9.47 Å². The van der Waals surface area contributed by atoms with Crippen LogP contribution in [0.15, 0.2) is 53.2 Å². The largest absolute Gasteiger partial charge is 0.496 e. The summed E-state index contributed by atoms with van der Waals surface area (Å²) in [6.45, 7) is 1.97. The van der Waals surface area contributed by atoms with Crippen molar-refractivity contribution in [2.75, 3.05) is 7.11 Å². The Bertz CT molecular complexity index is 840. The quantitative estimate of drug-likeness (QED) is 0.632. The minimum Gasteiger partial charge on any atom is -0.496 e. The van der Waals surface area contributed by atoms with Gasteiger partial charge in [0.15, 0.2) is 5.70 Å². The summed E-state index contributed by atoms with van der Waals surface area (Å²) < 4.78 is 10.5. The smallest absolute Gasteiger partial charge is 0.363 e. The van der Waals surface area contributed by atoms with Crippen molar-refractivity contribution in [1.29, 1.82) is 0 Å². The molecule has 5 heteroatoms. The lowest BCUT2D eigenvalue weighted by Crippen LogP contribution is -2.05. The average Bonchev–Trinajstić information content (AvgIpc) is 2.89. The molecule has 0 aromatic heterocycles. The van der Waals surface area contributed by atoms with Gasteiger partial charge in [-0.25, -0.2) is 9.79 Å². The van der Waals surface area contributed by atoms with E-state index in [1.807, 2.05) is 31.2 Å². The minimum absolute atomic E-state index is 0.207. The molecule has 1 heterocycles. The van der Waals surface area contributed by atoms with Crippen molar-refractivity contribution in [3.05, 3.63) is 69.9 Å². The van der Waals surface area contributed by atoms with Crippen molar-refractivity contribution >= 4 is 29.5 Å². The first kappa shape index (κ1) is 15.3. The average molecular weight is 328 g/mol. The number of carbonyl (C=O) groups is 1. The van der Waals surface area contributed by atoms with Gasteiger partial charge in [0.2, 0.25) is 5.90 Å². The van der Waals surface area contributed by atoms with Crippen LogP contribution in [0.2, 0.25) is 5.02 Å². The Hall–Kier alpha value is -2.59.